The largest absolute Gasteiger partial charge is 0.457 e. The molecule has 0 unspecified atom stereocenters. The van der Waals surface area contributed by atoms with Gasteiger partial charge in [-0.2, -0.15) is 0 Å². The van der Waals surface area contributed by atoms with Crippen molar-refractivity contribution in [3.63, 3.8) is 0 Å². The van der Waals surface area contributed by atoms with Crippen LogP contribution in [0.25, 0.3) is 22.3 Å². The van der Waals surface area contributed by atoms with Crippen molar-refractivity contribution in [2.45, 2.75) is 0 Å². The van der Waals surface area contributed by atoms with Crippen LogP contribution in [-0.4, -0.2) is 0 Å². The Morgan fingerprint density at radius 1 is 0.517 bits per heavy atom. The van der Waals surface area contributed by atoms with Gasteiger partial charge in [-0.05, 0) is 59.7 Å². The first-order valence-electron chi connectivity index (χ1n) is 8.78. The lowest BCUT2D eigenvalue weighted by Gasteiger charge is -2.09. The normalized spacial score (nSPS) is 10.8. The fourth-order valence-corrected chi connectivity index (χ4v) is 3.65. The summed E-state index contributed by atoms with van der Waals surface area (Å²) in [6, 6.07) is 24.4. The lowest BCUT2D eigenvalue weighted by atomic mass is 10.0. The summed E-state index contributed by atoms with van der Waals surface area (Å²) in [7, 11) is 0. The minimum Gasteiger partial charge on any atom is -0.457 e. The second kappa shape index (κ2) is 8.47. The van der Waals surface area contributed by atoms with Gasteiger partial charge in [-0.25, -0.2) is 8.78 Å². The Morgan fingerprint density at radius 2 is 0.897 bits per heavy atom. The fraction of sp³-hybridized carbons (Fsp3) is 0. The Bertz CT molecular complexity index is 1060. The van der Waals surface area contributed by atoms with Crippen LogP contribution in [-0.2, 0) is 0 Å². The summed E-state index contributed by atoms with van der Waals surface area (Å²) in [6.45, 7) is 0. The molecule has 0 bridgehead atoms. The molecule has 0 saturated carbocycles. The highest BCUT2D eigenvalue weighted by molar-refractivity contribution is 9.10. The van der Waals surface area contributed by atoms with Crippen molar-refractivity contribution in [3.8, 4) is 33.8 Å². The highest BCUT2D eigenvalue weighted by atomic mass is 79.9. The van der Waals surface area contributed by atoms with Crippen LogP contribution in [0.1, 0.15) is 0 Å². The van der Waals surface area contributed by atoms with Gasteiger partial charge in [0.15, 0.2) is 0 Å². The van der Waals surface area contributed by atoms with Crippen LogP contribution in [0.15, 0.2) is 93.9 Å². The van der Waals surface area contributed by atoms with E-state index >= 15 is 0 Å². The Hall–Kier alpha value is -2.50. The molecular formula is C24H14Br2F2O. The Kier molecular flexibility index (Phi) is 5.79. The summed E-state index contributed by atoms with van der Waals surface area (Å²) in [4.78, 5) is 0. The number of halogens is 4. The summed E-state index contributed by atoms with van der Waals surface area (Å²) < 4.78 is 35.5. The highest BCUT2D eigenvalue weighted by Crippen LogP contribution is 2.31. The molecular weight excluding hydrogens is 502 g/mol. The van der Waals surface area contributed by atoms with Crippen LogP contribution in [0.2, 0.25) is 0 Å². The van der Waals surface area contributed by atoms with Crippen molar-refractivity contribution in [2.24, 2.45) is 0 Å². The summed E-state index contributed by atoms with van der Waals surface area (Å²) in [5, 5.41) is 0. The van der Waals surface area contributed by atoms with Crippen LogP contribution >= 0.6 is 31.9 Å². The molecule has 4 aromatic rings. The van der Waals surface area contributed by atoms with E-state index in [4.69, 9.17) is 4.74 Å². The average Bonchev–Trinajstić information content (AvgIpc) is 2.70. The summed E-state index contributed by atoms with van der Waals surface area (Å²) in [6.07, 6.45) is 0. The molecule has 0 aliphatic rings. The van der Waals surface area contributed by atoms with Gasteiger partial charge in [0.05, 0.1) is 0 Å². The van der Waals surface area contributed by atoms with E-state index in [2.05, 4.69) is 31.9 Å². The van der Waals surface area contributed by atoms with Crippen molar-refractivity contribution in [3.05, 3.63) is 106 Å². The average molecular weight is 516 g/mol. The number of rotatable bonds is 4. The molecule has 29 heavy (non-hydrogen) atoms. The van der Waals surface area contributed by atoms with Crippen molar-refractivity contribution >= 4 is 31.9 Å². The molecule has 0 aliphatic carbocycles. The third-order valence-corrected chi connectivity index (χ3v) is 5.42. The van der Waals surface area contributed by atoms with Gasteiger partial charge in [0, 0.05) is 20.1 Å². The predicted octanol–water partition coefficient (Wildman–Crippen LogP) is 8.62. The molecule has 144 valence electrons. The zero-order chi connectivity index (χ0) is 20.4. The maximum Gasteiger partial charge on any atom is 0.132 e. The number of hydrogen-bond donors (Lipinski definition) is 0. The minimum absolute atomic E-state index is 0.288. The molecule has 0 amide bonds. The third-order valence-electron chi connectivity index (χ3n) is 4.43. The van der Waals surface area contributed by atoms with E-state index in [1.165, 1.54) is 12.1 Å². The first-order valence-corrected chi connectivity index (χ1v) is 10.4. The molecule has 0 fully saturated rings. The van der Waals surface area contributed by atoms with Gasteiger partial charge in [-0.3, -0.25) is 0 Å². The predicted molar refractivity (Wildman–Crippen MR) is 119 cm³/mol. The van der Waals surface area contributed by atoms with E-state index in [9.17, 15) is 8.78 Å². The molecule has 0 aliphatic heterocycles. The van der Waals surface area contributed by atoms with E-state index in [-0.39, 0.29) is 11.6 Å². The molecule has 4 aromatic carbocycles. The van der Waals surface area contributed by atoms with Gasteiger partial charge in [-0.15, -0.1) is 0 Å². The molecule has 0 saturated heterocycles. The smallest absolute Gasteiger partial charge is 0.132 e. The zero-order valence-electron chi connectivity index (χ0n) is 15.0. The Morgan fingerprint density at radius 3 is 1.24 bits per heavy atom. The maximum absolute atomic E-state index is 14.1. The number of benzene rings is 4. The van der Waals surface area contributed by atoms with Crippen molar-refractivity contribution in [1.82, 2.24) is 0 Å². The topological polar surface area (TPSA) is 9.23 Å². The second-order valence-corrected chi connectivity index (χ2v) is 8.23. The molecule has 4 rings (SSSR count). The lowest BCUT2D eigenvalue weighted by Crippen LogP contribution is -1.88. The van der Waals surface area contributed by atoms with E-state index in [1.807, 2.05) is 24.3 Å². The van der Waals surface area contributed by atoms with E-state index in [0.717, 1.165) is 11.1 Å². The monoisotopic (exact) mass is 514 g/mol. The Labute approximate surface area is 184 Å². The van der Waals surface area contributed by atoms with Crippen LogP contribution < -0.4 is 4.74 Å². The molecule has 0 heterocycles. The zero-order valence-corrected chi connectivity index (χ0v) is 18.2. The standard InChI is InChI=1S/C24H14Br2F2O/c25-17-5-11-21(23(27)13-17)15-1-7-19(8-2-15)29-20-9-3-16(4-10-20)22-12-6-18(26)14-24(22)28/h1-14H. The van der Waals surface area contributed by atoms with E-state index in [0.29, 0.717) is 31.6 Å². The van der Waals surface area contributed by atoms with E-state index < -0.39 is 0 Å². The first-order chi connectivity index (χ1) is 14.0. The van der Waals surface area contributed by atoms with Crippen LogP contribution in [0.4, 0.5) is 8.78 Å². The van der Waals surface area contributed by atoms with Crippen LogP contribution in [0, 0.1) is 11.6 Å². The van der Waals surface area contributed by atoms with Crippen molar-refractivity contribution in [2.75, 3.05) is 0 Å². The molecule has 0 atom stereocenters. The minimum atomic E-state index is -0.288. The third kappa shape index (κ3) is 4.57. The van der Waals surface area contributed by atoms with Crippen molar-refractivity contribution in [1.29, 1.82) is 0 Å². The lowest BCUT2D eigenvalue weighted by molar-refractivity contribution is 0.483. The number of hydrogen-bond acceptors (Lipinski definition) is 1. The number of ether oxygens (including phenoxy) is 1. The summed E-state index contributed by atoms with van der Waals surface area (Å²) in [5.41, 5.74) is 2.59. The van der Waals surface area contributed by atoms with Gasteiger partial charge < -0.3 is 4.74 Å². The van der Waals surface area contributed by atoms with Crippen LogP contribution in [0.5, 0.6) is 11.5 Å². The summed E-state index contributed by atoms with van der Waals surface area (Å²) in [5.74, 6) is 0.690. The SMILES string of the molecule is Fc1cc(Br)ccc1-c1ccc(Oc2ccc(-c3ccc(Br)cc3F)cc2)cc1. The van der Waals surface area contributed by atoms with Gasteiger partial charge in [0.1, 0.15) is 23.1 Å². The van der Waals surface area contributed by atoms with Gasteiger partial charge in [0.25, 0.3) is 0 Å². The Balaban J connectivity index is 1.51. The van der Waals surface area contributed by atoms with Gasteiger partial charge >= 0.3 is 0 Å². The van der Waals surface area contributed by atoms with Gasteiger partial charge in [-0.1, -0.05) is 68.3 Å². The second-order valence-electron chi connectivity index (χ2n) is 6.40. The molecule has 0 radical (unpaired) electrons. The van der Waals surface area contributed by atoms with E-state index in [1.54, 1.807) is 48.5 Å². The summed E-state index contributed by atoms with van der Waals surface area (Å²) >= 11 is 6.52. The molecule has 0 spiro atoms. The fourth-order valence-electron chi connectivity index (χ4n) is 2.99. The van der Waals surface area contributed by atoms with Crippen molar-refractivity contribution < 1.29 is 13.5 Å². The van der Waals surface area contributed by atoms with Crippen LogP contribution in [0.3, 0.4) is 0 Å². The molecule has 1 nitrogen and oxygen atoms in total. The molecule has 0 N–H and O–H groups in total. The molecule has 5 heteroatoms. The quantitative estimate of drug-likeness (QED) is 0.264. The van der Waals surface area contributed by atoms with Gasteiger partial charge in [0.2, 0.25) is 0 Å². The first kappa shape index (κ1) is 19.8. The highest BCUT2D eigenvalue weighted by Gasteiger charge is 2.08. The maximum atomic E-state index is 14.1. The molecule has 0 aromatic heterocycles.